The number of likely N-dealkylation sites (N-methyl/N-ethyl adjacent to an activating group) is 1. The van der Waals surface area contributed by atoms with Gasteiger partial charge in [0.05, 0.1) is 9.88 Å². The van der Waals surface area contributed by atoms with Gasteiger partial charge in [0.15, 0.2) is 0 Å². The van der Waals surface area contributed by atoms with E-state index in [1.54, 1.807) is 0 Å². The van der Waals surface area contributed by atoms with E-state index < -0.39 is 0 Å². The Morgan fingerprint density at radius 1 is 1.08 bits per heavy atom. The van der Waals surface area contributed by atoms with Gasteiger partial charge in [-0.25, -0.2) is 4.98 Å². The molecule has 2 aliphatic rings. The van der Waals surface area contributed by atoms with Crippen LogP contribution < -0.4 is 0 Å². The van der Waals surface area contributed by atoms with Crippen molar-refractivity contribution in [3.8, 4) is 10.4 Å². The van der Waals surface area contributed by atoms with Crippen LogP contribution in [0, 0.1) is 0 Å². The summed E-state index contributed by atoms with van der Waals surface area (Å²) in [4.78, 5) is 13.5. The highest BCUT2D eigenvalue weighted by atomic mass is 32.1. The van der Waals surface area contributed by atoms with Crippen LogP contribution in [0.3, 0.4) is 0 Å². The van der Waals surface area contributed by atoms with Crippen LogP contribution in [-0.2, 0) is 6.54 Å². The summed E-state index contributed by atoms with van der Waals surface area (Å²) in [7, 11) is 2.21. The second-order valence-electron chi connectivity index (χ2n) is 8.08. The summed E-state index contributed by atoms with van der Waals surface area (Å²) >= 11 is 1.87. The molecular formula is C21H30N4S. The average molecular weight is 371 g/mol. The monoisotopic (exact) mass is 370 g/mol. The van der Waals surface area contributed by atoms with E-state index in [0.717, 1.165) is 19.6 Å². The van der Waals surface area contributed by atoms with Crippen LogP contribution in [0.1, 0.15) is 30.3 Å². The number of hydrogen-bond donors (Lipinski definition) is 0. The number of benzene rings is 1. The van der Waals surface area contributed by atoms with E-state index in [9.17, 15) is 0 Å². The molecule has 0 saturated carbocycles. The van der Waals surface area contributed by atoms with Crippen molar-refractivity contribution < 1.29 is 0 Å². The zero-order valence-electron chi connectivity index (χ0n) is 16.2. The Morgan fingerprint density at radius 2 is 1.77 bits per heavy atom. The molecule has 0 N–H and O–H groups in total. The van der Waals surface area contributed by atoms with E-state index in [1.807, 2.05) is 11.3 Å². The molecular weight excluding hydrogens is 340 g/mol. The molecule has 4 nitrogen and oxygen atoms in total. The summed E-state index contributed by atoms with van der Waals surface area (Å²) in [5, 5.41) is 1.30. The molecule has 0 bridgehead atoms. The molecule has 2 aromatic rings. The van der Waals surface area contributed by atoms with Gasteiger partial charge in [0.25, 0.3) is 0 Å². The SMILES string of the molecule is CC(C)N1CC(c2ncc(-c3ccc(CN4CCN(C)CC4)cc3)s2)C1. The highest BCUT2D eigenvalue weighted by Gasteiger charge is 2.31. The summed E-state index contributed by atoms with van der Waals surface area (Å²) < 4.78 is 0. The van der Waals surface area contributed by atoms with E-state index >= 15 is 0 Å². The molecule has 0 spiro atoms. The first-order valence-electron chi connectivity index (χ1n) is 9.78. The quantitative estimate of drug-likeness (QED) is 0.805. The van der Waals surface area contributed by atoms with Crippen LogP contribution in [0.25, 0.3) is 10.4 Å². The van der Waals surface area contributed by atoms with Gasteiger partial charge in [-0.15, -0.1) is 11.3 Å². The third-order valence-corrected chi connectivity index (χ3v) is 6.96. The molecule has 1 aromatic carbocycles. The predicted molar refractivity (Wildman–Crippen MR) is 110 cm³/mol. The zero-order valence-corrected chi connectivity index (χ0v) is 17.0. The number of rotatable bonds is 5. The van der Waals surface area contributed by atoms with Crippen molar-refractivity contribution in [1.82, 2.24) is 19.7 Å². The van der Waals surface area contributed by atoms with Crippen molar-refractivity contribution in [1.29, 1.82) is 0 Å². The molecule has 2 fully saturated rings. The van der Waals surface area contributed by atoms with E-state index in [-0.39, 0.29) is 0 Å². The molecule has 0 unspecified atom stereocenters. The molecule has 140 valence electrons. The Labute approximate surface area is 161 Å². The van der Waals surface area contributed by atoms with Gasteiger partial charge in [-0.3, -0.25) is 9.80 Å². The van der Waals surface area contributed by atoms with E-state index in [2.05, 4.69) is 66.1 Å². The van der Waals surface area contributed by atoms with Gasteiger partial charge in [-0.05, 0) is 32.0 Å². The molecule has 5 heteroatoms. The van der Waals surface area contributed by atoms with Crippen LogP contribution in [0.4, 0.5) is 0 Å². The molecule has 0 aliphatic carbocycles. The minimum atomic E-state index is 0.632. The van der Waals surface area contributed by atoms with E-state index in [0.29, 0.717) is 12.0 Å². The van der Waals surface area contributed by atoms with Gasteiger partial charge in [-0.2, -0.15) is 0 Å². The standard InChI is InChI=1S/C21H30N4S/c1-16(2)25-14-19(15-25)21-22-12-20(26-21)18-6-4-17(5-7-18)13-24-10-8-23(3)9-11-24/h4-7,12,16,19H,8-11,13-15H2,1-3H3. The van der Waals surface area contributed by atoms with Crippen molar-refractivity contribution in [3.05, 3.63) is 41.0 Å². The minimum absolute atomic E-state index is 0.632. The smallest absolute Gasteiger partial charge is 0.0987 e. The number of hydrogen-bond acceptors (Lipinski definition) is 5. The maximum atomic E-state index is 4.71. The van der Waals surface area contributed by atoms with E-state index in [1.165, 1.54) is 47.2 Å². The highest BCUT2D eigenvalue weighted by Crippen LogP contribution is 2.35. The second-order valence-corrected chi connectivity index (χ2v) is 9.15. The van der Waals surface area contributed by atoms with Crippen molar-refractivity contribution in [2.24, 2.45) is 0 Å². The number of thiazole rings is 1. The summed E-state index contributed by atoms with van der Waals surface area (Å²) in [6.45, 7) is 12.6. The van der Waals surface area contributed by atoms with Gasteiger partial charge in [0.1, 0.15) is 0 Å². The van der Waals surface area contributed by atoms with Gasteiger partial charge in [-0.1, -0.05) is 24.3 Å². The van der Waals surface area contributed by atoms with Gasteiger partial charge < -0.3 is 4.90 Å². The lowest BCUT2D eigenvalue weighted by atomic mass is 9.99. The maximum absolute atomic E-state index is 4.71. The third-order valence-electron chi connectivity index (χ3n) is 5.75. The first-order chi connectivity index (χ1) is 12.6. The Morgan fingerprint density at radius 3 is 2.42 bits per heavy atom. The average Bonchev–Trinajstić information content (AvgIpc) is 3.05. The Hall–Kier alpha value is -1.27. The molecule has 0 radical (unpaired) electrons. The fourth-order valence-corrected chi connectivity index (χ4v) is 4.74. The molecule has 2 saturated heterocycles. The highest BCUT2D eigenvalue weighted by molar-refractivity contribution is 7.15. The fourth-order valence-electron chi connectivity index (χ4n) is 3.74. The first kappa shape index (κ1) is 18.1. The molecule has 4 rings (SSSR count). The Bertz CT molecular complexity index is 710. The van der Waals surface area contributed by atoms with Crippen LogP contribution in [0.15, 0.2) is 30.5 Å². The Kier molecular flexibility index (Phi) is 5.41. The second kappa shape index (κ2) is 7.77. The fraction of sp³-hybridized carbons (Fsp3) is 0.571. The van der Waals surface area contributed by atoms with Crippen molar-refractivity contribution in [2.75, 3.05) is 46.3 Å². The van der Waals surface area contributed by atoms with Crippen LogP contribution >= 0.6 is 11.3 Å². The largest absolute Gasteiger partial charge is 0.304 e. The van der Waals surface area contributed by atoms with Crippen molar-refractivity contribution in [2.45, 2.75) is 32.4 Å². The lowest BCUT2D eigenvalue weighted by molar-refractivity contribution is 0.110. The third kappa shape index (κ3) is 4.01. The minimum Gasteiger partial charge on any atom is -0.304 e. The maximum Gasteiger partial charge on any atom is 0.0987 e. The summed E-state index contributed by atoms with van der Waals surface area (Å²) in [5.74, 6) is 0.632. The molecule has 2 aliphatic heterocycles. The Balaban J connectivity index is 1.35. The normalized spacial score (nSPS) is 20.6. The molecule has 0 atom stereocenters. The number of nitrogens with zero attached hydrogens (tertiary/aromatic N) is 4. The van der Waals surface area contributed by atoms with E-state index in [4.69, 9.17) is 4.98 Å². The van der Waals surface area contributed by atoms with Crippen LogP contribution in [0.5, 0.6) is 0 Å². The van der Waals surface area contributed by atoms with Crippen LogP contribution in [-0.4, -0.2) is 72.0 Å². The number of aromatic nitrogens is 1. The zero-order chi connectivity index (χ0) is 18.1. The number of piperazine rings is 1. The van der Waals surface area contributed by atoms with Crippen LogP contribution in [0.2, 0.25) is 0 Å². The lowest BCUT2D eigenvalue weighted by Crippen LogP contribution is -2.48. The topological polar surface area (TPSA) is 22.6 Å². The van der Waals surface area contributed by atoms with Gasteiger partial charge in [0.2, 0.25) is 0 Å². The molecule has 3 heterocycles. The van der Waals surface area contributed by atoms with Gasteiger partial charge in [0, 0.05) is 64.0 Å². The summed E-state index contributed by atoms with van der Waals surface area (Å²) in [5.41, 5.74) is 2.71. The van der Waals surface area contributed by atoms with Crippen molar-refractivity contribution in [3.63, 3.8) is 0 Å². The lowest BCUT2D eigenvalue weighted by Gasteiger charge is -2.41. The summed E-state index contributed by atoms with van der Waals surface area (Å²) in [6, 6.07) is 9.76. The van der Waals surface area contributed by atoms with Crippen molar-refractivity contribution >= 4 is 11.3 Å². The molecule has 26 heavy (non-hydrogen) atoms. The van der Waals surface area contributed by atoms with Gasteiger partial charge >= 0.3 is 0 Å². The summed E-state index contributed by atoms with van der Waals surface area (Å²) in [6.07, 6.45) is 2.06. The first-order valence-corrected chi connectivity index (χ1v) is 10.6. The molecule has 0 amide bonds. The number of likely N-dealkylation sites (tertiary alicyclic amines) is 1. The molecule has 1 aromatic heterocycles. The predicted octanol–water partition coefficient (Wildman–Crippen LogP) is 3.37.